The summed E-state index contributed by atoms with van der Waals surface area (Å²) in [7, 11) is 0. The van der Waals surface area contributed by atoms with Gasteiger partial charge in [-0.05, 0) is 18.2 Å². The molecule has 0 saturated carbocycles. The van der Waals surface area contributed by atoms with Crippen LogP contribution in [-0.2, 0) is 0 Å². The zero-order chi connectivity index (χ0) is 15.6. The number of benzene rings is 2. The SMILES string of the molecule is O=C(Nc1cc(Cl)cc(Cl)c1)Nc1cc(F)cc(F)c1O. The summed E-state index contributed by atoms with van der Waals surface area (Å²) in [5.74, 6) is -2.99. The van der Waals surface area contributed by atoms with Crippen molar-refractivity contribution in [3.8, 4) is 5.75 Å². The number of phenolic OH excluding ortho intramolecular Hbond substituents is 1. The first kappa shape index (κ1) is 15.3. The van der Waals surface area contributed by atoms with Crippen molar-refractivity contribution in [2.24, 2.45) is 0 Å². The molecule has 0 aliphatic heterocycles. The molecule has 0 heterocycles. The predicted molar refractivity (Wildman–Crippen MR) is 77.1 cm³/mol. The number of carbonyl (C=O) groups excluding carboxylic acids is 1. The van der Waals surface area contributed by atoms with E-state index in [2.05, 4.69) is 10.6 Å². The molecule has 8 heteroatoms. The quantitative estimate of drug-likeness (QED) is 0.702. The van der Waals surface area contributed by atoms with Gasteiger partial charge in [0.2, 0.25) is 0 Å². The number of aromatic hydroxyl groups is 1. The van der Waals surface area contributed by atoms with Crippen molar-refractivity contribution in [1.29, 1.82) is 0 Å². The Morgan fingerprint density at radius 3 is 2.24 bits per heavy atom. The largest absolute Gasteiger partial charge is 0.503 e. The summed E-state index contributed by atoms with van der Waals surface area (Å²) in [5, 5.41) is 14.5. The third-order valence-electron chi connectivity index (χ3n) is 2.40. The van der Waals surface area contributed by atoms with Crippen LogP contribution in [0.3, 0.4) is 0 Å². The van der Waals surface area contributed by atoms with Gasteiger partial charge in [0, 0.05) is 27.9 Å². The molecule has 0 aliphatic rings. The third kappa shape index (κ3) is 3.96. The fourth-order valence-electron chi connectivity index (χ4n) is 1.57. The highest BCUT2D eigenvalue weighted by molar-refractivity contribution is 6.35. The summed E-state index contributed by atoms with van der Waals surface area (Å²) in [6.07, 6.45) is 0. The van der Waals surface area contributed by atoms with Gasteiger partial charge in [-0.3, -0.25) is 0 Å². The maximum absolute atomic E-state index is 13.1. The van der Waals surface area contributed by atoms with Gasteiger partial charge in [0.15, 0.2) is 11.6 Å². The maximum atomic E-state index is 13.1. The van der Waals surface area contributed by atoms with Gasteiger partial charge < -0.3 is 15.7 Å². The molecule has 2 aromatic carbocycles. The maximum Gasteiger partial charge on any atom is 0.323 e. The fourth-order valence-corrected chi connectivity index (χ4v) is 2.10. The van der Waals surface area contributed by atoms with Crippen LogP contribution in [0, 0.1) is 11.6 Å². The summed E-state index contributed by atoms with van der Waals surface area (Å²) >= 11 is 11.5. The zero-order valence-corrected chi connectivity index (χ0v) is 11.8. The molecular weight excluding hydrogens is 325 g/mol. The number of hydrogen-bond donors (Lipinski definition) is 3. The van der Waals surface area contributed by atoms with Crippen molar-refractivity contribution in [2.45, 2.75) is 0 Å². The van der Waals surface area contributed by atoms with E-state index in [4.69, 9.17) is 23.2 Å². The van der Waals surface area contributed by atoms with E-state index < -0.39 is 29.1 Å². The first-order valence-electron chi connectivity index (χ1n) is 5.57. The van der Waals surface area contributed by atoms with Crippen molar-refractivity contribution < 1.29 is 18.7 Å². The minimum atomic E-state index is -1.18. The van der Waals surface area contributed by atoms with Crippen molar-refractivity contribution in [2.75, 3.05) is 10.6 Å². The third-order valence-corrected chi connectivity index (χ3v) is 2.83. The summed E-state index contributed by atoms with van der Waals surface area (Å²) in [5.41, 5.74) is -0.125. The van der Waals surface area contributed by atoms with Gasteiger partial charge in [-0.15, -0.1) is 0 Å². The number of anilines is 2. The van der Waals surface area contributed by atoms with Gasteiger partial charge >= 0.3 is 6.03 Å². The molecule has 0 atom stereocenters. The molecule has 0 aliphatic carbocycles. The predicted octanol–water partition coefficient (Wildman–Crippen LogP) is 4.62. The Hall–Kier alpha value is -2.05. The number of phenols is 1. The van der Waals surface area contributed by atoms with E-state index in [-0.39, 0.29) is 5.69 Å². The molecule has 21 heavy (non-hydrogen) atoms. The van der Waals surface area contributed by atoms with Gasteiger partial charge in [0.25, 0.3) is 0 Å². The Bertz CT molecular complexity index is 691. The van der Waals surface area contributed by atoms with Gasteiger partial charge in [-0.1, -0.05) is 23.2 Å². The highest BCUT2D eigenvalue weighted by Gasteiger charge is 2.13. The highest BCUT2D eigenvalue weighted by atomic mass is 35.5. The molecule has 110 valence electrons. The Kier molecular flexibility index (Phi) is 4.50. The van der Waals surface area contributed by atoms with E-state index in [1.165, 1.54) is 18.2 Å². The molecule has 4 nitrogen and oxygen atoms in total. The van der Waals surface area contributed by atoms with Crippen LogP contribution in [0.2, 0.25) is 10.0 Å². The van der Waals surface area contributed by atoms with Crippen LogP contribution in [0.1, 0.15) is 0 Å². The van der Waals surface area contributed by atoms with Crippen LogP contribution in [0.5, 0.6) is 5.75 Å². The van der Waals surface area contributed by atoms with E-state index in [1.807, 2.05) is 0 Å². The van der Waals surface area contributed by atoms with E-state index >= 15 is 0 Å². The topological polar surface area (TPSA) is 61.4 Å². The zero-order valence-electron chi connectivity index (χ0n) is 10.3. The molecule has 0 saturated heterocycles. The Morgan fingerprint density at radius 1 is 1.00 bits per heavy atom. The number of amides is 2. The summed E-state index contributed by atoms with van der Waals surface area (Å²) < 4.78 is 26.2. The smallest absolute Gasteiger partial charge is 0.323 e. The van der Waals surface area contributed by atoms with Gasteiger partial charge in [-0.2, -0.15) is 0 Å². The van der Waals surface area contributed by atoms with Crippen molar-refractivity contribution >= 4 is 40.6 Å². The summed E-state index contributed by atoms with van der Waals surface area (Å²) in [6, 6.07) is 4.78. The summed E-state index contributed by atoms with van der Waals surface area (Å²) in [6.45, 7) is 0. The first-order valence-corrected chi connectivity index (χ1v) is 6.33. The molecule has 0 fully saturated rings. The second-order valence-corrected chi connectivity index (χ2v) is 4.89. The number of carbonyl (C=O) groups is 1. The summed E-state index contributed by atoms with van der Waals surface area (Å²) in [4.78, 5) is 11.7. The van der Waals surface area contributed by atoms with Crippen LogP contribution in [-0.4, -0.2) is 11.1 Å². The van der Waals surface area contributed by atoms with Crippen LogP contribution >= 0.6 is 23.2 Å². The van der Waals surface area contributed by atoms with Crippen LogP contribution in [0.25, 0.3) is 0 Å². The molecular formula is C13H8Cl2F2N2O2. The second-order valence-electron chi connectivity index (χ2n) is 4.02. The van der Waals surface area contributed by atoms with Gasteiger partial charge in [-0.25, -0.2) is 13.6 Å². The molecule has 3 N–H and O–H groups in total. The number of rotatable bonds is 2. The fraction of sp³-hybridized carbons (Fsp3) is 0. The average Bonchev–Trinajstić information content (AvgIpc) is 2.33. The monoisotopic (exact) mass is 332 g/mol. The number of hydrogen-bond acceptors (Lipinski definition) is 2. The second kappa shape index (κ2) is 6.15. The van der Waals surface area contributed by atoms with E-state index in [9.17, 15) is 18.7 Å². The first-order chi connectivity index (χ1) is 9.85. The minimum absolute atomic E-state index is 0.279. The lowest BCUT2D eigenvalue weighted by Crippen LogP contribution is -2.19. The number of urea groups is 1. The van der Waals surface area contributed by atoms with E-state index in [0.29, 0.717) is 16.1 Å². The van der Waals surface area contributed by atoms with Crippen molar-refractivity contribution in [3.63, 3.8) is 0 Å². The lowest BCUT2D eigenvalue weighted by atomic mass is 10.2. The Morgan fingerprint density at radius 2 is 1.62 bits per heavy atom. The molecule has 2 amide bonds. The van der Waals surface area contributed by atoms with Crippen LogP contribution < -0.4 is 10.6 Å². The number of halogens is 4. The molecule has 0 spiro atoms. The van der Waals surface area contributed by atoms with E-state index in [0.717, 1.165) is 6.07 Å². The van der Waals surface area contributed by atoms with Crippen molar-refractivity contribution in [3.05, 3.63) is 52.0 Å². The Labute approximate surface area is 128 Å². The average molecular weight is 333 g/mol. The van der Waals surface area contributed by atoms with E-state index in [1.54, 1.807) is 0 Å². The van der Waals surface area contributed by atoms with Gasteiger partial charge in [0.05, 0.1) is 5.69 Å². The normalized spacial score (nSPS) is 10.3. The Balaban J connectivity index is 2.15. The molecule has 0 unspecified atom stereocenters. The van der Waals surface area contributed by atoms with Gasteiger partial charge in [0.1, 0.15) is 5.82 Å². The molecule has 0 bridgehead atoms. The molecule has 2 rings (SSSR count). The number of nitrogens with one attached hydrogen (secondary N) is 2. The van der Waals surface area contributed by atoms with Crippen LogP contribution in [0.4, 0.5) is 25.0 Å². The standard InChI is InChI=1S/C13H8Cl2F2N2O2/c14-6-1-7(15)3-9(2-6)18-13(21)19-11-5-8(16)4-10(17)12(11)20/h1-5,20H,(H2,18,19,21). The molecule has 0 aromatic heterocycles. The molecule has 0 radical (unpaired) electrons. The van der Waals surface area contributed by atoms with Crippen molar-refractivity contribution in [1.82, 2.24) is 0 Å². The molecule has 2 aromatic rings. The lowest BCUT2D eigenvalue weighted by molar-refractivity contribution is 0.262. The van der Waals surface area contributed by atoms with Crippen LogP contribution in [0.15, 0.2) is 30.3 Å². The minimum Gasteiger partial charge on any atom is -0.503 e. The lowest BCUT2D eigenvalue weighted by Gasteiger charge is -2.10. The highest BCUT2D eigenvalue weighted by Crippen LogP contribution is 2.28.